The van der Waals surface area contributed by atoms with E-state index in [1.54, 1.807) is 6.92 Å². The topological polar surface area (TPSA) is 17.1 Å². The lowest BCUT2D eigenvalue weighted by Crippen LogP contribution is -2.28. The molecule has 1 nitrogen and oxygen atoms in total. The Hall–Kier alpha value is -4.12. The minimum atomic E-state index is -0.970. The van der Waals surface area contributed by atoms with E-state index in [-0.39, 0.29) is 16.2 Å². The van der Waals surface area contributed by atoms with Gasteiger partial charge in [0.1, 0.15) is 17.0 Å². The van der Waals surface area contributed by atoms with E-state index in [9.17, 15) is 4.79 Å². The number of aryl methyl sites for hydroxylation is 3. The Balaban J connectivity index is 1.79. The molecule has 0 unspecified atom stereocenters. The summed E-state index contributed by atoms with van der Waals surface area (Å²) in [4.78, 5) is 11.0. The van der Waals surface area contributed by atoms with Gasteiger partial charge in [0.15, 0.2) is 5.12 Å². The first-order valence-corrected chi connectivity index (χ1v) is 15.0. The van der Waals surface area contributed by atoms with Crippen LogP contribution in [0.1, 0.15) is 70.7 Å². The van der Waals surface area contributed by atoms with Crippen molar-refractivity contribution in [3.8, 4) is 23.7 Å². The zero-order valence-electron chi connectivity index (χ0n) is 24.5. The first-order valence-electron chi connectivity index (χ1n) is 14.0. The number of carbonyl (C=O) groups is 1. The number of thioether (sulfide) groups is 1. The van der Waals surface area contributed by atoms with Crippen molar-refractivity contribution in [2.45, 2.75) is 52.4 Å². The normalized spacial score (nSPS) is 10.8. The van der Waals surface area contributed by atoms with Crippen LogP contribution in [0.15, 0.2) is 84.9 Å². The maximum atomic E-state index is 15.4. The molecule has 0 aliphatic carbocycles. The second kappa shape index (κ2) is 14.2. The summed E-state index contributed by atoms with van der Waals surface area (Å²) >= 11 is 1.30. The van der Waals surface area contributed by atoms with Crippen LogP contribution in [0.3, 0.4) is 0 Å². The highest BCUT2D eigenvalue weighted by atomic mass is 32.2. The predicted octanol–water partition coefficient (Wildman–Crippen LogP) is 9.08. The number of carbonyl (C=O) groups excluding carboxylic acids is 1. The van der Waals surface area contributed by atoms with Crippen molar-refractivity contribution in [1.82, 2.24) is 0 Å². The number of hydrogen-bond donors (Lipinski definition) is 0. The summed E-state index contributed by atoms with van der Waals surface area (Å²) in [6.45, 7) is 7.63. The lowest BCUT2D eigenvalue weighted by atomic mass is 9.69. The molecule has 0 atom stereocenters. The van der Waals surface area contributed by atoms with Crippen LogP contribution >= 0.6 is 11.8 Å². The molecular weight excluding hydrogens is 542 g/mol. The zero-order valence-corrected chi connectivity index (χ0v) is 25.3. The maximum Gasteiger partial charge on any atom is 0.185 e. The van der Waals surface area contributed by atoms with Gasteiger partial charge in [-0.2, -0.15) is 0 Å². The molecule has 0 amide bonds. The van der Waals surface area contributed by atoms with Gasteiger partial charge in [-0.3, -0.25) is 4.79 Å². The van der Waals surface area contributed by atoms with Crippen LogP contribution in [-0.2, 0) is 10.2 Å². The fourth-order valence-corrected chi connectivity index (χ4v) is 5.60. The molecule has 0 N–H and O–H groups in total. The van der Waals surface area contributed by atoms with Gasteiger partial charge in [-0.05, 0) is 62.4 Å². The molecule has 0 bridgehead atoms. The molecule has 0 saturated heterocycles. The first kappa shape index (κ1) is 30.8. The number of benzene rings is 4. The summed E-state index contributed by atoms with van der Waals surface area (Å²) in [6.07, 6.45) is 2.27. The number of halogens is 2. The lowest BCUT2D eigenvalue weighted by Gasteiger charge is -2.32. The smallest absolute Gasteiger partial charge is 0.185 e. The third kappa shape index (κ3) is 7.58. The molecule has 42 heavy (non-hydrogen) atoms. The van der Waals surface area contributed by atoms with Crippen molar-refractivity contribution >= 4 is 16.9 Å². The molecule has 212 valence electrons. The quantitative estimate of drug-likeness (QED) is 0.124. The van der Waals surface area contributed by atoms with Gasteiger partial charge in [0.05, 0.1) is 5.56 Å². The van der Waals surface area contributed by atoms with Gasteiger partial charge in [-0.1, -0.05) is 125 Å². The molecule has 0 aliphatic rings. The summed E-state index contributed by atoms with van der Waals surface area (Å²) in [5.41, 5.74) is 5.01. The van der Waals surface area contributed by atoms with Gasteiger partial charge in [-0.25, -0.2) is 8.78 Å². The third-order valence-corrected chi connectivity index (χ3v) is 7.90. The molecule has 0 heterocycles. The summed E-state index contributed by atoms with van der Waals surface area (Å²) in [6, 6.07) is 26.9. The van der Waals surface area contributed by atoms with Crippen LogP contribution in [0.2, 0.25) is 0 Å². The van der Waals surface area contributed by atoms with Crippen LogP contribution in [0, 0.1) is 56.1 Å². The molecule has 0 aromatic heterocycles. The van der Waals surface area contributed by atoms with E-state index in [0.29, 0.717) is 6.42 Å². The molecule has 4 aromatic carbocycles. The van der Waals surface area contributed by atoms with Crippen molar-refractivity contribution in [3.05, 3.63) is 141 Å². The van der Waals surface area contributed by atoms with Gasteiger partial charge in [0.2, 0.25) is 0 Å². The molecule has 0 spiro atoms. The molecule has 4 rings (SSSR count). The van der Waals surface area contributed by atoms with E-state index in [4.69, 9.17) is 0 Å². The third-order valence-electron chi connectivity index (χ3n) is 7.00. The summed E-state index contributed by atoms with van der Waals surface area (Å²) < 4.78 is 30.8. The highest BCUT2D eigenvalue weighted by Crippen LogP contribution is 2.40. The first-order chi connectivity index (χ1) is 20.2. The zero-order chi connectivity index (χ0) is 30.1. The summed E-state index contributed by atoms with van der Waals surface area (Å²) in [7, 11) is 0. The standard InChI is InChI=1S/C38H34F2OS/c1-27-12-9-16-32(22-27)38(33-17-10-13-28(2)23-33,34-18-11-14-29(3)24-34)20-19-35-36(39)25-31(26-37(35)40)15-7-5-6-8-21-42-30(4)41/h9-14,16-18,22-26H,5-6,8,21H2,1-4H3. The van der Waals surface area contributed by atoms with Crippen molar-refractivity contribution in [2.24, 2.45) is 0 Å². The van der Waals surface area contributed by atoms with Crippen LogP contribution in [0.4, 0.5) is 8.78 Å². The number of hydrogen-bond acceptors (Lipinski definition) is 2. The van der Waals surface area contributed by atoms with Crippen LogP contribution in [0.25, 0.3) is 0 Å². The monoisotopic (exact) mass is 576 g/mol. The van der Waals surface area contributed by atoms with Crippen LogP contribution in [-0.4, -0.2) is 10.9 Å². The molecule has 0 saturated carbocycles. The van der Waals surface area contributed by atoms with Gasteiger partial charge in [0.25, 0.3) is 0 Å². The van der Waals surface area contributed by atoms with Crippen molar-refractivity contribution in [3.63, 3.8) is 0 Å². The average molecular weight is 577 g/mol. The van der Waals surface area contributed by atoms with Crippen molar-refractivity contribution in [2.75, 3.05) is 5.75 Å². The number of unbranched alkanes of at least 4 members (excludes halogenated alkanes) is 2. The van der Waals surface area contributed by atoms with E-state index >= 15 is 8.78 Å². The lowest BCUT2D eigenvalue weighted by molar-refractivity contribution is -0.109. The van der Waals surface area contributed by atoms with Gasteiger partial charge in [-0.15, -0.1) is 0 Å². The van der Waals surface area contributed by atoms with Gasteiger partial charge >= 0.3 is 0 Å². The molecule has 0 fully saturated rings. The molecular formula is C38H34F2OS. The van der Waals surface area contributed by atoms with Crippen LogP contribution < -0.4 is 0 Å². The second-order valence-corrected chi connectivity index (χ2v) is 11.8. The van der Waals surface area contributed by atoms with Gasteiger partial charge in [0, 0.05) is 24.7 Å². The van der Waals surface area contributed by atoms with Crippen LogP contribution in [0.5, 0.6) is 0 Å². The second-order valence-electron chi connectivity index (χ2n) is 10.5. The summed E-state index contributed by atoms with van der Waals surface area (Å²) in [5, 5.41) is 0.101. The fourth-order valence-electron chi connectivity index (χ4n) is 4.97. The predicted molar refractivity (Wildman–Crippen MR) is 171 cm³/mol. The van der Waals surface area contributed by atoms with E-state index in [1.807, 2.05) is 75.4 Å². The highest BCUT2D eigenvalue weighted by Gasteiger charge is 2.35. The fraction of sp³-hybridized carbons (Fsp3) is 0.237. The van der Waals surface area contributed by atoms with Crippen molar-refractivity contribution < 1.29 is 13.6 Å². The SMILES string of the molecule is CC(=O)SCCCCC#Cc1cc(F)c(C#CC(c2cccc(C)c2)(c2cccc(C)c2)c2cccc(C)c2)c(F)c1. The Morgan fingerprint density at radius 3 is 1.69 bits per heavy atom. The van der Waals surface area contributed by atoms with Gasteiger partial charge < -0.3 is 0 Å². The van der Waals surface area contributed by atoms with Crippen molar-refractivity contribution in [1.29, 1.82) is 0 Å². The Kier molecular flexibility index (Phi) is 10.4. The number of rotatable bonds is 7. The minimum Gasteiger partial charge on any atom is -0.288 e. The Morgan fingerprint density at radius 1 is 0.738 bits per heavy atom. The molecule has 0 aliphatic heterocycles. The van der Waals surface area contributed by atoms with E-state index < -0.39 is 17.0 Å². The Labute approximate surface area is 252 Å². The Bertz CT molecular complexity index is 1580. The molecule has 4 aromatic rings. The molecule has 4 heteroatoms. The van der Waals surface area contributed by atoms with E-state index in [2.05, 4.69) is 41.9 Å². The highest BCUT2D eigenvalue weighted by molar-refractivity contribution is 8.13. The summed E-state index contributed by atoms with van der Waals surface area (Å²) in [5.74, 6) is 11.4. The minimum absolute atomic E-state index is 0.101. The van der Waals surface area contributed by atoms with E-state index in [1.165, 1.54) is 23.9 Å². The van der Waals surface area contributed by atoms with E-state index in [0.717, 1.165) is 52.0 Å². The average Bonchev–Trinajstić information content (AvgIpc) is 2.94. The Morgan fingerprint density at radius 2 is 1.24 bits per heavy atom. The largest absolute Gasteiger partial charge is 0.288 e. The maximum absolute atomic E-state index is 15.4. The molecule has 0 radical (unpaired) electrons.